The predicted molar refractivity (Wildman–Crippen MR) is 295 cm³/mol. The Morgan fingerprint density at radius 2 is 1.18 bits per heavy atom. The number of ether oxygens (including phenoxy) is 1. The second kappa shape index (κ2) is 23.4. The maximum absolute atomic E-state index is 11.0. The van der Waals surface area contributed by atoms with Gasteiger partial charge in [0.15, 0.2) is 5.71 Å². The normalized spacial score (nSPS) is 19.8. The topological polar surface area (TPSA) is 190 Å². The van der Waals surface area contributed by atoms with Crippen molar-refractivity contribution in [3.63, 3.8) is 0 Å². The van der Waals surface area contributed by atoms with Gasteiger partial charge < -0.3 is 19.8 Å². The van der Waals surface area contributed by atoms with E-state index in [1.54, 1.807) is 24.3 Å². The van der Waals surface area contributed by atoms with Crippen LogP contribution in [0.15, 0.2) is 146 Å². The van der Waals surface area contributed by atoms with Gasteiger partial charge in [-0.05, 0) is 108 Å². The van der Waals surface area contributed by atoms with E-state index in [2.05, 4.69) is 94.5 Å². The van der Waals surface area contributed by atoms with Gasteiger partial charge in [-0.2, -0.15) is 4.58 Å². The molecule has 11 rings (SSSR count). The van der Waals surface area contributed by atoms with Crippen molar-refractivity contribution >= 4 is 58.1 Å². The summed E-state index contributed by atoms with van der Waals surface area (Å²) in [6.07, 6.45) is 15.9. The quantitative estimate of drug-likeness (QED) is 0.0788. The number of non-ortho nitro benzene ring substituents is 3. The Kier molecular flexibility index (Phi) is 18.1. The van der Waals surface area contributed by atoms with Gasteiger partial charge >= 0.3 is 0 Å². The number of allylic oxidation sites excluding steroid dienone is 1. The Labute approximate surface area is 485 Å². The Morgan fingerprint density at radius 1 is 0.675 bits per heavy atom. The van der Waals surface area contributed by atoms with Crippen LogP contribution in [0, 0.1) is 61.5 Å². The molecule has 395 valence electrons. The fourth-order valence-electron chi connectivity index (χ4n) is 10.8. The predicted octanol–water partition coefficient (Wildman–Crippen LogP) is 12.1. The molecule has 15 nitrogen and oxygen atoms in total. The molecule has 3 unspecified atom stereocenters. The first-order valence-electron chi connectivity index (χ1n) is 25.0. The number of hydrogen-bond acceptors (Lipinski definition) is 10. The molecular weight excluding hydrogens is 1240 g/mol. The van der Waals surface area contributed by atoms with Crippen LogP contribution in [-0.4, -0.2) is 68.2 Å². The van der Waals surface area contributed by atoms with Crippen LogP contribution in [0.25, 0.3) is 18.2 Å². The zero-order valence-electron chi connectivity index (χ0n) is 44.7. The van der Waals surface area contributed by atoms with E-state index in [0.717, 1.165) is 22.6 Å². The summed E-state index contributed by atoms with van der Waals surface area (Å²) in [4.78, 5) is 34.9. The molecule has 1 fully saturated rings. The first-order chi connectivity index (χ1) is 35.5. The van der Waals surface area contributed by atoms with Crippen LogP contribution in [0.1, 0.15) is 94.2 Å². The molecule has 0 bridgehead atoms. The summed E-state index contributed by atoms with van der Waals surface area (Å²) in [5, 5.41) is 52.8. The van der Waals surface area contributed by atoms with E-state index in [1.165, 1.54) is 89.0 Å². The average Bonchev–Trinajstić information content (AvgIpc) is 4.25. The fourth-order valence-corrected chi connectivity index (χ4v) is 10.8. The number of hydrogen-bond donors (Lipinski definition) is 3. The molecule has 4 heterocycles. The molecule has 1 saturated carbocycles. The number of likely N-dealkylation sites (N-methyl/N-ethyl adjacent to an activating group) is 2. The number of rotatable bonds is 7. The summed E-state index contributed by atoms with van der Waals surface area (Å²) in [5.74, 6) is 0.729. The summed E-state index contributed by atoms with van der Waals surface area (Å²) < 4.78 is 8.55. The van der Waals surface area contributed by atoms with Crippen molar-refractivity contribution in [1.82, 2.24) is 0 Å². The van der Waals surface area contributed by atoms with Gasteiger partial charge in [0.25, 0.3) is 17.1 Å². The van der Waals surface area contributed by atoms with E-state index < -0.39 is 15.6 Å². The number of nitro benzene ring substituents is 3. The van der Waals surface area contributed by atoms with Crippen LogP contribution >= 0.6 is 0 Å². The smallest absolute Gasteiger partial charge is 0.270 e. The number of para-hydroxylation sites is 3. The number of phenols is 2. The third-order valence-corrected chi connectivity index (χ3v) is 15.2. The van der Waals surface area contributed by atoms with Gasteiger partial charge in [-0.3, -0.25) is 35.2 Å². The van der Waals surface area contributed by atoms with E-state index in [-0.39, 0.29) is 105 Å². The van der Waals surface area contributed by atoms with Crippen LogP contribution in [-0.2, 0) is 34.8 Å². The maximum Gasteiger partial charge on any atom is 0.270 e. The number of nitrogens with zero attached hydrogens (tertiary/aromatic N) is 5. The van der Waals surface area contributed by atoms with Gasteiger partial charge in [-0.1, -0.05) is 73.9 Å². The number of benzene rings is 6. The van der Waals surface area contributed by atoms with Crippen molar-refractivity contribution in [3.05, 3.63) is 209 Å². The minimum atomic E-state index is -0.653. The zero-order chi connectivity index (χ0) is 54.2. The van der Waals surface area contributed by atoms with Gasteiger partial charge in [0.05, 0.1) is 38.1 Å². The minimum absolute atomic E-state index is 0. The van der Waals surface area contributed by atoms with Crippen molar-refractivity contribution in [2.75, 3.05) is 26.0 Å². The van der Waals surface area contributed by atoms with Gasteiger partial charge in [0, 0.05) is 139 Å². The molecule has 5 aliphatic rings. The molecule has 0 saturated heterocycles. The van der Waals surface area contributed by atoms with E-state index in [0.29, 0.717) is 16.9 Å². The molecule has 1 aliphatic carbocycles. The summed E-state index contributed by atoms with van der Waals surface area (Å²) in [6.45, 7) is 13.0. The van der Waals surface area contributed by atoms with Crippen molar-refractivity contribution < 1.29 is 88.9 Å². The van der Waals surface area contributed by atoms with E-state index in [9.17, 15) is 40.6 Å². The molecule has 77 heavy (non-hydrogen) atoms. The monoisotopic (exact) mass is 1300 g/mol. The first kappa shape index (κ1) is 59.5. The number of anilines is 1. The van der Waals surface area contributed by atoms with Crippen molar-refractivity contribution in [1.29, 1.82) is 0 Å². The van der Waals surface area contributed by atoms with Crippen molar-refractivity contribution in [2.45, 2.75) is 88.8 Å². The Balaban J connectivity index is 0.000000179. The van der Waals surface area contributed by atoms with Gasteiger partial charge in [-0.25, -0.2) is 0 Å². The van der Waals surface area contributed by atoms with E-state index in [1.807, 2.05) is 74.8 Å². The number of phenolic OH excluding ortho intramolecular Hbond substituents is 2. The Bertz CT molecular complexity index is 3340. The molecule has 4 aliphatic heterocycles. The largest absolute Gasteiger partial charge is 0.507 e. The first-order valence-corrected chi connectivity index (χ1v) is 25.0. The zero-order valence-corrected chi connectivity index (χ0v) is 50.3. The summed E-state index contributed by atoms with van der Waals surface area (Å²) >= 11 is 0. The SMILES string of the molecule is C1CC1.CN1c2ccccc2C(C)(C)C12C=Cc1cc([N+](=O)[O-])ccc1O2.C[N+]1=C(/C=C\c2cc([N+](=O)[O-])ccc2O)C(C)(C)c2ccccc21.C[NH+]1c2ccccc2C(C)(C)C1/C=C/c1cc([N+](=O)[O-])ccc1O.[U].[V]. The van der Waals surface area contributed by atoms with Crippen molar-refractivity contribution in [2.24, 2.45) is 0 Å². The van der Waals surface area contributed by atoms with Crippen LogP contribution in [0.5, 0.6) is 17.2 Å². The molecule has 6 aromatic rings. The molecule has 1 radical (unpaired) electrons. The molecule has 3 N–H and O–H groups in total. The van der Waals surface area contributed by atoms with E-state index in [4.69, 9.17) is 4.74 Å². The molecule has 17 heteroatoms. The minimum Gasteiger partial charge on any atom is -0.507 e. The average molecular weight is 1300 g/mol. The Morgan fingerprint density at radius 3 is 1.73 bits per heavy atom. The van der Waals surface area contributed by atoms with Crippen LogP contribution in [0.2, 0.25) is 0 Å². The number of aromatic hydroxyl groups is 2. The van der Waals surface area contributed by atoms with Crippen LogP contribution in [0.3, 0.4) is 0 Å². The number of quaternary nitrogens is 1. The molecule has 3 atom stereocenters. The fraction of sp³-hybridized carbons (Fsp3) is 0.283. The standard InChI is InChI=1S/C19H18N2O3.C19H20N2O3.C19H18N2O3.C3H6.U.V/c1-18(2)15-6-4-5-7-16(15)20(3)19(18)11-10-13-12-14(21(22)23)8-9-17(13)24-19;2*1-19(2)15-6-4-5-7-16(15)20(3)18(19)11-8-13-12-14(21(23)24)9-10-17(13)22;1-2-3-1;;/h4-12H,1-3H3;4-12,18,22H,1-3H3;4-12H,1-3H3;1-3H2;;/p+2/b;11-8+;;;;. The van der Waals surface area contributed by atoms with Gasteiger partial charge in [-0.15, -0.1) is 0 Å². The van der Waals surface area contributed by atoms with Crippen LogP contribution < -0.4 is 14.5 Å². The second-order valence-electron chi connectivity index (χ2n) is 21.1. The summed E-state index contributed by atoms with van der Waals surface area (Å²) in [7, 11) is 6.14. The molecular formula is C60H64N6O9UV+2. The maximum atomic E-state index is 11.0. The molecule has 0 aromatic heterocycles. The molecule has 0 amide bonds. The number of fused-ring (bicyclic) bond motifs is 4. The van der Waals surface area contributed by atoms with Crippen molar-refractivity contribution in [3.8, 4) is 17.2 Å². The number of nitro groups is 3. The third-order valence-electron chi connectivity index (χ3n) is 15.2. The summed E-state index contributed by atoms with van der Waals surface area (Å²) in [6, 6.07) is 37.8. The molecule has 6 aromatic carbocycles. The van der Waals surface area contributed by atoms with Crippen LogP contribution in [0.4, 0.5) is 34.1 Å². The molecule has 1 spiro atoms. The third kappa shape index (κ3) is 11.6. The second-order valence-corrected chi connectivity index (χ2v) is 21.1. The van der Waals surface area contributed by atoms with Gasteiger partial charge in [0.1, 0.15) is 36.0 Å². The van der Waals surface area contributed by atoms with E-state index >= 15 is 0 Å². The van der Waals surface area contributed by atoms with Gasteiger partial charge in [0.2, 0.25) is 11.4 Å². The summed E-state index contributed by atoms with van der Waals surface area (Å²) in [5.41, 5.74) is 8.83. The number of nitrogens with one attached hydrogen (secondary N) is 1. The Hall–Kier alpha value is -6.79.